The van der Waals surface area contributed by atoms with Crippen LogP contribution in [0, 0.1) is 5.82 Å². The highest BCUT2D eigenvalue weighted by Gasteiger charge is 2.06. The van der Waals surface area contributed by atoms with Gasteiger partial charge in [-0.15, -0.1) is 0 Å². The number of nitrogens with zero attached hydrogens (tertiary/aromatic N) is 1. The van der Waals surface area contributed by atoms with Gasteiger partial charge in [-0.3, -0.25) is 4.79 Å². The Balaban J connectivity index is 1.48. The molecular weight excluding hydrogens is 357 g/mol. The second-order valence-electron chi connectivity index (χ2n) is 6.28. The van der Waals surface area contributed by atoms with E-state index in [0.717, 1.165) is 23.6 Å². The van der Waals surface area contributed by atoms with Gasteiger partial charge in [0, 0.05) is 6.54 Å². The standard InChI is InChI=1S/C22H22FN3O2/c1-28-20-8-3-2-6-17(20)11-12-24-21-10-9-19(15-25-21)26-22(27)14-16-5-4-7-18(23)13-16/h2-10,13,15H,11-12,14H2,1H3,(H,24,25)(H,26,27). The number of benzene rings is 2. The first-order chi connectivity index (χ1) is 13.6. The average Bonchev–Trinajstić information content (AvgIpc) is 2.69. The summed E-state index contributed by atoms with van der Waals surface area (Å²) < 4.78 is 18.5. The lowest BCUT2D eigenvalue weighted by molar-refractivity contribution is -0.115. The third kappa shape index (κ3) is 5.54. The van der Waals surface area contributed by atoms with Crippen LogP contribution in [0.3, 0.4) is 0 Å². The summed E-state index contributed by atoms with van der Waals surface area (Å²) in [5, 5.41) is 6.02. The van der Waals surface area contributed by atoms with E-state index in [2.05, 4.69) is 15.6 Å². The molecule has 2 N–H and O–H groups in total. The Hall–Kier alpha value is -3.41. The summed E-state index contributed by atoms with van der Waals surface area (Å²) in [6, 6.07) is 17.5. The SMILES string of the molecule is COc1ccccc1CCNc1ccc(NC(=O)Cc2cccc(F)c2)cn1. The van der Waals surface area contributed by atoms with E-state index in [1.807, 2.05) is 24.3 Å². The van der Waals surface area contributed by atoms with Crippen molar-refractivity contribution >= 4 is 17.4 Å². The predicted molar refractivity (Wildman–Crippen MR) is 108 cm³/mol. The van der Waals surface area contributed by atoms with Crippen molar-refractivity contribution in [3.8, 4) is 5.75 Å². The van der Waals surface area contributed by atoms with Gasteiger partial charge < -0.3 is 15.4 Å². The lowest BCUT2D eigenvalue weighted by Crippen LogP contribution is -2.15. The summed E-state index contributed by atoms with van der Waals surface area (Å²) in [4.78, 5) is 16.4. The molecule has 0 spiro atoms. The molecule has 28 heavy (non-hydrogen) atoms. The highest BCUT2D eigenvalue weighted by molar-refractivity contribution is 5.92. The van der Waals surface area contributed by atoms with Gasteiger partial charge in [0.05, 0.1) is 25.4 Å². The van der Waals surface area contributed by atoms with Crippen LogP contribution < -0.4 is 15.4 Å². The first-order valence-corrected chi connectivity index (χ1v) is 9.00. The molecule has 5 nitrogen and oxygen atoms in total. The number of rotatable bonds is 8. The average molecular weight is 379 g/mol. The second-order valence-corrected chi connectivity index (χ2v) is 6.28. The molecule has 0 radical (unpaired) electrons. The van der Waals surface area contributed by atoms with E-state index in [-0.39, 0.29) is 18.1 Å². The van der Waals surface area contributed by atoms with Crippen LogP contribution in [0.4, 0.5) is 15.9 Å². The van der Waals surface area contributed by atoms with Gasteiger partial charge in [0.2, 0.25) is 5.91 Å². The van der Waals surface area contributed by atoms with Crippen LogP contribution >= 0.6 is 0 Å². The minimum absolute atomic E-state index is 0.108. The lowest BCUT2D eigenvalue weighted by Gasteiger charge is -2.10. The van der Waals surface area contributed by atoms with Crippen LogP contribution in [0.5, 0.6) is 5.75 Å². The van der Waals surface area contributed by atoms with Crippen molar-refractivity contribution in [3.63, 3.8) is 0 Å². The van der Waals surface area contributed by atoms with Crippen LogP contribution in [0.2, 0.25) is 0 Å². The molecule has 0 aliphatic rings. The number of halogens is 1. The number of ether oxygens (including phenoxy) is 1. The number of amides is 1. The molecular formula is C22H22FN3O2. The van der Waals surface area contributed by atoms with Crippen LogP contribution in [-0.2, 0) is 17.6 Å². The molecule has 0 saturated carbocycles. The Kier molecular flexibility index (Phi) is 6.57. The molecule has 1 heterocycles. The molecule has 2 aromatic carbocycles. The number of aromatic nitrogens is 1. The van der Waals surface area contributed by atoms with E-state index >= 15 is 0 Å². The molecule has 0 aliphatic heterocycles. The third-order valence-corrected chi connectivity index (χ3v) is 4.19. The van der Waals surface area contributed by atoms with Gasteiger partial charge in [-0.1, -0.05) is 30.3 Å². The smallest absolute Gasteiger partial charge is 0.228 e. The molecule has 0 fully saturated rings. The van der Waals surface area contributed by atoms with Crippen molar-refractivity contribution in [3.05, 3.63) is 83.8 Å². The molecule has 0 aliphatic carbocycles. The fraction of sp³-hybridized carbons (Fsp3) is 0.182. The first-order valence-electron chi connectivity index (χ1n) is 9.00. The maximum absolute atomic E-state index is 13.2. The molecule has 1 aromatic heterocycles. The summed E-state index contributed by atoms with van der Waals surface area (Å²) in [5.74, 6) is 1.02. The van der Waals surface area contributed by atoms with Crippen LogP contribution in [-0.4, -0.2) is 24.5 Å². The Morgan fingerprint density at radius 3 is 2.71 bits per heavy atom. The Morgan fingerprint density at radius 1 is 1.11 bits per heavy atom. The van der Waals surface area contributed by atoms with Crippen LogP contribution in [0.15, 0.2) is 66.9 Å². The van der Waals surface area contributed by atoms with E-state index in [0.29, 0.717) is 17.8 Å². The Morgan fingerprint density at radius 2 is 1.96 bits per heavy atom. The molecule has 0 saturated heterocycles. The third-order valence-electron chi connectivity index (χ3n) is 4.19. The zero-order valence-corrected chi connectivity index (χ0v) is 15.6. The Labute approximate surface area is 163 Å². The highest BCUT2D eigenvalue weighted by atomic mass is 19.1. The monoisotopic (exact) mass is 379 g/mol. The van der Waals surface area contributed by atoms with E-state index in [4.69, 9.17) is 4.74 Å². The second kappa shape index (κ2) is 9.50. The van der Waals surface area contributed by atoms with Gasteiger partial charge in [-0.2, -0.15) is 0 Å². The highest BCUT2D eigenvalue weighted by Crippen LogP contribution is 2.18. The largest absolute Gasteiger partial charge is 0.496 e. The number of hydrogen-bond donors (Lipinski definition) is 2. The summed E-state index contributed by atoms with van der Waals surface area (Å²) in [7, 11) is 1.66. The van der Waals surface area contributed by atoms with Gasteiger partial charge in [0.25, 0.3) is 0 Å². The fourth-order valence-electron chi connectivity index (χ4n) is 2.84. The quantitative estimate of drug-likeness (QED) is 0.619. The minimum atomic E-state index is -0.351. The molecule has 3 aromatic rings. The van der Waals surface area contributed by atoms with Gasteiger partial charge in [-0.25, -0.2) is 9.37 Å². The van der Waals surface area contributed by atoms with Crippen molar-refractivity contribution in [2.45, 2.75) is 12.8 Å². The maximum Gasteiger partial charge on any atom is 0.228 e. The predicted octanol–water partition coefficient (Wildman–Crippen LogP) is 4.07. The number of methoxy groups -OCH3 is 1. The molecule has 0 unspecified atom stereocenters. The van der Waals surface area contributed by atoms with E-state index in [1.54, 1.807) is 37.6 Å². The van der Waals surface area contributed by atoms with Crippen LogP contribution in [0.25, 0.3) is 0 Å². The number of carbonyl (C=O) groups excluding carboxylic acids is 1. The number of para-hydroxylation sites is 1. The minimum Gasteiger partial charge on any atom is -0.496 e. The molecule has 0 bridgehead atoms. The van der Waals surface area contributed by atoms with Crippen molar-refractivity contribution in [2.24, 2.45) is 0 Å². The van der Waals surface area contributed by atoms with E-state index in [1.165, 1.54) is 12.1 Å². The van der Waals surface area contributed by atoms with E-state index < -0.39 is 0 Å². The molecule has 0 atom stereocenters. The van der Waals surface area contributed by atoms with Gasteiger partial charge in [0.1, 0.15) is 17.4 Å². The lowest BCUT2D eigenvalue weighted by atomic mass is 10.1. The van der Waals surface area contributed by atoms with Gasteiger partial charge in [0.15, 0.2) is 0 Å². The van der Waals surface area contributed by atoms with Crippen LogP contribution in [0.1, 0.15) is 11.1 Å². The maximum atomic E-state index is 13.2. The zero-order valence-electron chi connectivity index (χ0n) is 15.6. The van der Waals surface area contributed by atoms with E-state index in [9.17, 15) is 9.18 Å². The fourth-order valence-corrected chi connectivity index (χ4v) is 2.84. The van der Waals surface area contributed by atoms with Gasteiger partial charge in [-0.05, 0) is 47.9 Å². The summed E-state index contributed by atoms with van der Waals surface area (Å²) >= 11 is 0. The molecule has 3 rings (SSSR count). The zero-order chi connectivity index (χ0) is 19.8. The number of pyridine rings is 1. The van der Waals surface area contributed by atoms with Crippen molar-refractivity contribution < 1.29 is 13.9 Å². The molecule has 1 amide bonds. The van der Waals surface area contributed by atoms with Crippen molar-refractivity contribution in [1.29, 1.82) is 0 Å². The summed E-state index contributed by atoms with van der Waals surface area (Å²) in [6.45, 7) is 0.707. The normalized spacial score (nSPS) is 10.4. The number of carbonyl (C=O) groups is 1. The van der Waals surface area contributed by atoms with Crippen molar-refractivity contribution in [1.82, 2.24) is 4.98 Å². The first kappa shape index (κ1) is 19.4. The molecule has 6 heteroatoms. The summed E-state index contributed by atoms with van der Waals surface area (Å²) in [6.07, 6.45) is 2.50. The number of hydrogen-bond acceptors (Lipinski definition) is 4. The topological polar surface area (TPSA) is 63.2 Å². The van der Waals surface area contributed by atoms with Crippen molar-refractivity contribution in [2.75, 3.05) is 24.3 Å². The number of anilines is 2. The number of nitrogens with one attached hydrogen (secondary N) is 2. The molecule has 144 valence electrons. The summed E-state index contributed by atoms with van der Waals surface area (Å²) in [5.41, 5.74) is 2.34. The Bertz CT molecular complexity index is 929. The van der Waals surface area contributed by atoms with Gasteiger partial charge >= 0.3 is 0 Å².